The number of benzene rings is 3. The van der Waals surface area contributed by atoms with Gasteiger partial charge in [-0.25, -0.2) is 0 Å². The summed E-state index contributed by atoms with van der Waals surface area (Å²) in [5.74, 6) is 2.97. The molecule has 0 fully saturated rings. The summed E-state index contributed by atoms with van der Waals surface area (Å²) in [6.07, 6.45) is 18.8. The minimum absolute atomic E-state index is 0.179. The van der Waals surface area contributed by atoms with Gasteiger partial charge in [0.15, 0.2) is 25.5 Å². The molecule has 6 rings (SSSR count). The van der Waals surface area contributed by atoms with Crippen LogP contribution in [0.5, 0.6) is 5.75 Å². The molecular weight excluding hydrogens is 605 g/mol. The summed E-state index contributed by atoms with van der Waals surface area (Å²) in [5, 5.41) is 4.93. The second kappa shape index (κ2) is 15.9. The van der Waals surface area contributed by atoms with Crippen LogP contribution >= 0.6 is 21.6 Å². The van der Waals surface area contributed by atoms with E-state index in [4.69, 9.17) is 9.47 Å². The summed E-state index contributed by atoms with van der Waals surface area (Å²) in [4.78, 5) is 0. The molecule has 232 valence electrons. The van der Waals surface area contributed by atoms with Crippen LogP contribution in [0.4, 0.5) is 0 Å². The zero-order valence-electron chi connectivity index (χ0n) is 26.4. The maximum atomic E-state index is 5.50. The molecule has 3 aromatic carbocycles. The van der Waals surface area contributed by atoms with Gasteiger partial charge in [0.25, 0.3) is 0 Å². The fourth-order valence-corrected chi connectivity index (χ4v) is 7.55. The van der Waals surface area contributed by atoms with Crippen molar-refractivity contribution in [3.63, 3.8) is 0 Å². The first-order valence-electron chi connectivity index (χ1n) is 15.7. The van der Waals surface area contributed by atoms with Gasteiger partial charge in [-0.2, -0.15) is 9.13 Å². The average Bonchev–Trinajstić information content (AvgIpc) is 3.11. The van der Waals surface area contributed by atoms with E-state index < -0.39 is 0 Å². The molecule has 0 saturated heterocycles. The highest BCUT2D eigenvalue weighted by molar-refractivity contribution is 8.76. The van der Waals surface area contributed by atoms with Crippen LogP contribution in [0.2, 0.25) is 0 Å². The fourth-order valence-electron chi connectivity index (χ4n) is 5.62. The number of aromatic nitrogens is 2. The molecular formula is C40H40N2O2S2+2. The Balaban J connectivity index is 0.996. The Kier molecular flexibility index (Phi) is 11.0. The molecule has 1 atom stereocenters. The van der Waals surface area contributed by atoms with Gasteiger partial charge in [-0.3, -0.25) is 0 Å². The average molecular weight is 645 g/mol. The van der Waals surface area contributed by atoms with E-state index in [2.05, 4.69) is 143 Å². The van der Waals surface area contributed by atoms with E-state index in [1.807, 2.05) is 27.7 Å². The highest BCUT2D eigenvalue weighted by Crippen LogP contribution is 2.23. The normalized spacial score (nSPS) is 14.3. The van der Waals surface area contributed by atoms with Crippen molar-refractivity contribution >= 4 is 68.8 Å². The van der Waals surface area contributed by atoms with Gasteiger partial charge in [-0.05, 0) is 93.4 Å². The van der Waals surface area contributed by atoms with Crippen LogP contribution in [-0.4, -0.2) is 31.8 Å². The number of fused-ring (bicyclic) bond motifs is 2. The smallest absolute Gasteiger partial charge is 0.205 e. The van der Waals surface area contributed by atoms with Crippen LogP contribution in [0, 0.1) is 0 Å². The van der Waals surface area contributed by atoms with Gasteiger partial charge in [0.05, 0.1) is 24.7 Å². The van der Waals surface area contributed by atoms with Crippen LogP contribution in [-0.2, 0) is 17.8 Å². The molecule has 5 aromatic rings. The number of ether oxygens (including phenoxy) is 2. The first-order chi connectivity index (χ1) is 22.7. The molecule has 6 heteroatoms. The third-order valence-corrected chi connectivity index (χ3v) is 10.5. The molecule has 1 aliphatic rings. The third-order valence-electron chi connectivity index (χ3n) is 8.18. The number of methoxy groups -OCH3 is 2. The number of rotatable bonds is 13. The maximum Gasteiger partial charge on any atom is 0.205 e. The molecule has 2 aromatic heterocycles. The Morgan fingerprint density at radius 2 is 1.30 bits per heavy atom. The summed E-state index contributed by atoms with van der Waals surface area (Å²) >= 11 is 0. The number of pyridine rings is 2. The fraction of sp³-hybridized carbons (Fsp3) is 0.200. The topological polar surface area (TPSA) is 26.2 Å². The molecule has 0 saturated carbocycles. The zero-order chi connectivity index (χ0) is 31.6. The number of hydrogen-bond donors (Lipinski definition) is 0. The lowest BCUT2D eigenvalue weighted by molar-refractivity contribution is -0.694. The molecule has 0 amide bonds. The van der Waals surface area contributed by atoms with Crippen molar-refractivity contribution in [2.75, 3.05) is 25.7 Å². The van der Waals surface area contributed by atoms with Crippen LogP contribution in [0.3, 0.4) is 0 Å². The lowest BCUT2D eigenvalue weighted by atomic mass is 10.0. The number of aryl methyl sites for hydroxylation is 2. The summed E-state index contributed by atoms with van der Waals surface area (Å²) in [5.41, 5.74) is 4.81. The van der Waals surface area contributed by atoms with Crippen molar-refractivity contribution < 1.29 is 18.6 Å². The van der Waals surface area contributed by atoms with Crippen molar-refractivity contribution in [3.05, 3.63) is 136 Å². The third kappa shape index (κ3) is 8.38. The van der Waals surface area contributed by atoms with E-state index in [0.717, 1.165) is 36.8 Å². The Hall–Kier alpha value is -4.10. The number of hydrogen-bond acceptors (Lipinski definition) is 4. The largest absolute Gasteiger partial charge is 0.497 e. The second-order valence-electron chi connectivity index (χ2n) is 11.2. The van der Waals surface area contributed by atoms with Crippen LogP contribution in [0.25, 0.3) is 47.2 Å². The summed E-state index contributed by atoms with van der Waals surface area (Å²) in [6.45, 7) is 1.93. The van der Waals surface area contributed by atoms with Crippen LogP contribution in [0.1, 0.15) is 28.9 Å². The first-order valence-corrected chi connectivity index (χ1v) is 18.2. The summed E-state index contributed by atoms with van der Waals surface area (Å²) in [6, 6.07) is 32.2. The van der Waals surface area contributed by atoms with E-state index in [1.54, 1.807) is 14.2 Å². The second-order valence-corrected chi connectivity index (χ2v) is 13.9. The molecule has 0 radical (unpaired) electrons. The number of nitrogens with zero attached hydrogens (tertiary/aromatic N) is 2. The molecule has 0 N–H and O–H groups in total. The van der Waals surface area contributed by atoms with E-state index >= 15 is 0 Å². The van der Waals surface area contributed by atoms with Gasteiger partial charge in [-0.15, -0.1) is 0 Å². The van der Waals surface area contributed by atoms with Gasteiger partial charge < -0.3 is 9.47 Å². The SMILES string of the molecule is COc1ccc2cc(/C=C/c3cccc[n+]3CCSSCC[n+]3ccccc3/C=C/c3ccc4c(c3)=CCC(OC)C=4)ccc2c1. The standard InChI is InChI=1S/C40H40N2O2S2/c1-43-39-19-15-33-27-31(9-13-35(33)29-39)11-17-37-7-3-5-21-41(37)23-25-45-46-26-24-42-22-6-4-8-38(42)18-12-32-10-14-36-30-40(44-2)20-16-34(36)28-32/h3-19,21-22,27-30,40H,20,23-26H2,1-2H3/q+2/b17-11+,18-12+. The van der Waals surface area contributed by atoms with Gasteiger partial charge >= 0.3 is 0 Å². The Morgan fingerprint density at radius 3 is 1.98 bits per heavy atom. The molecule has 0 aliphatic heterocycles. The lowest BCUT2D eigenvalue weighted by Crippen LogP contribution is -2.38. The maximum absolute atomic E-state index is 5.50. The molecule has 0 bridgehead atoms. The van der Waals surface area contributed by atoms with Crippen molar-refractivity contribution in [2.45, 2.75) is 25.6 Å². The Morgan fingerprint density at radius 1 is 0.674 bits per heavy atom. The highest BCUT2D eigenvalue weighted by atomic mass is 33.1. The van der Waals surface area contributed by atoms with E-state index in [1.165, 1.54) is 43.7 Å². The lowest BCUT2D eigenvalue weighted by Gasteiger charge is -2.11. The van der Waals surface area contributed by atoms with Crippen LogP contribution < -0.4 is 24.3 Å². The van der Waals surface area contributed by atoms with Gasteiger partial charge in [-0.1, -0.05) is 58.0 Å². The van der Waals surface area contributed by atoms with Gasteiger partial charge in [0.2, 0.25) is 11.4 Å². The zero-order valence-corrected chi connectivity index (χ0v) is 28.1. The summed E-state index contributed by atoms with van der Waals surface area (Å²) in [7, 11) is 7.36. The highest BCUT2D eigenvalue weighted by Gasteiger charge is 2.10. The molecule has 2 heterocycles. The molecule has 1 aliphatic carbocycles. The monoisotopic (exact) mass is 644 g/mol. The molecule has 1 unspecified atom stereocenters. The van der Waals surface area contributed by atoms with E-state index in [-0.39, 0.29) is 6.10 Å². The van der Waals surface area contributed by atoms with Gasteiger partial charge in [0, 0.05) is 43.5 Å². The minimum Gasteiger partial charge on any atom is -0.497 e. The van der Waals surface area contributed by atoms with Crippen molar-refractivity contribution in [1.29, 1.82) is 0 Å². The van der Waals surface area contributed by atoms with Crippen molar-refractivity contribution in [2.24, 2.45) is 0 Å². The van der Waals surface area contributed by atoms with Crippen molar-refractivity contribution in [3.8, 4) is 5.75 Å². The van der Waals surface area contributed by atoms with Crippen molar-refractivity contribution in [1.82, 2.24) is 0 Å². The van der Waals surface area contributed by atoms with E-state index in [0.29, 0.717) is 0 Å². The minimum atomic E-state index is 0.179. The predicted molar refractivity (Wildman–Crippen MR) is 197 cm³/mol. The molecule has 46 heavy (non-hydrogen) atoms. The van der Waals surface area contributed by atoms with Crippen LogP contribution in [0.15, 0.2) is 103 Å². The summed E-state index contributed by atoms with van der Waals surface area (Å²) < 4.78 is 15.5. The quantitative estimate of drug-likeness (QED) is 0.0798. The van der Waals surface area contributed by atoms with E-state index in [9.17, 15) is 0 Å². The molecule has 4 nitrogen and oxygen atoms in total. The molecule has 0 spiro atoms. The Labute approximate surface area is 279 Å². The first kappa shape index (κ1) is 31.9. The Bertz CT molecular complexity index is 1990. The predicted octanol–water partition coefficient (Wildman–Crippen LogP) is 6.83. The van der Waals surface area contributed by atoms with Gasteiger partial charge in [0.1, 0.15) is 5.75 Å².